The van der Waals surface area contributed by atoms with E-state index in [9.17, 15) is 4.39 Å². The first-order valence-corrected chi connectivity index (χ1v) is 5.35. The molecule has 0 radical (unpaired) electrons. The van der Waals surface area contributed by atoms with Crippen LogP contribution in [0.1, 0.15) is 40.0 Å². The highest BCUT2D eigenvalue weighted by molar-refractivity contribution is 4.81. The van der Waals surface area contributed by atoms with Gasteiger partial charge in [-0.1, -0.05) is 0 Å². The summed E-state index contributed by atoms with van der Waals surface area (Å²) in [6.07, 6.45) is 3.14. The third-order valence-electron chi connectivity index (χ3n) is 3.08. The summed E-state index contributed by atoms with van der Waals surface area (Å²) in [7, 11) is 0. The van der Waals surface area contributed by atoms with Crippen molar-refractivity contribution in [2.45, 2.75) is 45.6 Å². The van der Waals surface area contributed by atoms with Crippen molar-refractivity contribution < 1.29 is 4.39 Å². The summed E-state index contributed by atoms with van der Waals surface area (Å²) in [4.78, 5) is 2.50. The first kappa shape index (κ1) is 11.0. The van der Waals surface area contributed by atoms with E-state index in [1.54, 1.807) is 0 Å². The van der Waals surface area contributed by atoms with Crippen molar-refractivity contribution in [1.29, 1.82) is 0 Å². The highest BCUT2D eigenvalue weighted by Crippen LogP contribution is 2.25. The largest absolute Gasteiger partial charge is 0.298 e. The van der Waals surface area contributed by atoms with Crippen LogP contribution in [0.3, 0.4) is 0 Å². The number of alkyl halides is 1. The summed E-state index contributed by atoms with van der Waals surface area (Å²) in [5.74, 6) is 0.642. The van der Waals surface area contributed by atoms with E-state index in [2.05, 4.69) is 25.7 Å². The molecule has 1 saturated heterocycles. The van der Waals surface area contributed by atoms with Crippen molar-refractivity contribution in [3.8, 4) is 0 Å². The molecule has 1 aliphatic heterocycles. The Bertz CT molecular complexity index is 143. The Morgan fingerprint density at radius 1 is 1.23 bits per heavy atom. The fourth-order valence-electron chi connectivity index (χ4n) is 2.05. The van der Waals surface area contributed by atoms with Crippen molar-refractivity contribution in [2.24, 2.45) is 5.92 Å². The Morgan fingerprint density at radius 3 is 2.15 bits per heavy atom. The molecule has 1 nitrogen and oxygen atoms in total. The van der Waals surface area contributed by atoms with E-state index in [4.69, 9.17) is 0 Å². The average Bonchev–Trinajstić information content (AvgIpc) is 2.04. The van der Waals surface area contributed by atoms with Crippen molar-refractivity contribution in [2.75, 3.05) is 19.8 Å². The molecule has 0 saturated carbocycles. The SMILES string of the molecule is CC(C)(C)N1CCC(CCF)CC1. The van der Waals surface area contributed by atoms with Gasteiger partial charge in [0.25, 0.3) is 0 Å². The maximum absolute atomic E-state index is 12.1. The number of halogens is 1. The van der Waals surface area contributed by atoms with E-state index in [-0.39, 0.29) is 6.67 Å². The maximum Gasteiger partial charge on any atom is 0.0897 e. The molecule has 0 amide bonds. The number of piperidine rings is 1. The van der Waals surface area contributed by atoms with Gasteiger partial charge in [-0.15, -0.1) is 0 Å². The molecule has 1 rings (SSSR count). The first-order chi connectivity index (χ1) is 6.04. The van der Waals surface area contributed by atoms with Crippen LogP contribution in [0.15, 0.2) is 0 Å². The van der Waals surface area contributed by atoms with Crippen molar-refractivity contribution >= 4 is 0 Å². The summed E-state index contributed by atoms with van der Waals surface area (Å²) in [6, 6.07) is 0. The summed E-state index contributed by atoms with van der Waals surface area (Å²) in [5.41, 5.74) is 0.292. The van der Waals surface area contributed by atoms with Gasteiger partial charge in [-0.2, -0.15) is 0 Å². The predicted octanol–water partition coefficient (Wildman–Crippen LogP) is 2.86. The lowest BCUT2D eigenvalue weighted by molar-refractivity contribution is 0.0835. The second-order valence-corrected chi connectivity index (χ2v) is 5.08. The zero-order valence-electron chi connectivity index (χ0n) is 9.15. The van der Waals surface area contributed by atoms with Crippen LogP contribution in [0.2, 0.25) is 0 Å². The minimum absolute atomic E-state index is 0.139. The lowest BCUT2D eigenvalue weighted by Crippen LogP contribution is -2.46. The molecule has 1 aliphatic rings. The second-order valence-electron chi connectivity index (χ2n) is 5.08. The number of hydrogen-bond acceptors (Lipinski definition) is 1. The molecule has 1 heterocycles. The quantitative estimate of drug-likeness (QED) is 0.642. The monoisotopic (exact) mass is 187 g/mol. The lowest BCUT2D eigenvalue weighted by atomic mass is 9.91. The fourth-order valence-corrected chi connectivity index (χ4v) is 2.05. The van der Waals surface area contributed by atoms with Crippen LogP contribution in [-0.2, 0) is 0 Å². The third kappa shape index (κ3) is 3.26. The summed E-state index contributed by atoms with van der Waals surface area (Å²) >= 11 is 0. The average molecular weight is 187 g/mol. The number of likely N-dealkylation sites (tertiary alicyclic amines) is 1. The minimum atomic E-state index is -0.139. The number of hydrogen-bond donors (Lipinski definition) is 0. The van der Waals surface area contributed by atoms with Gasteiger partial charge in [-0.3, -0.25) is 9.29 Å². The van der Waals surface area contributed by atoms with Crippen LogP contribution in [-0.4, -0.2) is 30.2 Å². The normalized spacial score (nSPS) is 22.2. The van der Waals surface area contributed by atoms with E-state index in [1.165, 1.54) is 12.8 Å². The van der Waals surface area contributed by atoms with Crippen molar-refractivity contribution in [1.82, 2.24) is 4.90 Å². The van der Waals surface area contributed by atoms with E-state index in [0.717, 1.165) is 19.5 Å². The summed E-state index contributed by atoms with van der Waals surface area (Å²) in [5, 5.41) is 0. The van der Waals surface area contributed by atoms with Gasteiger partial charge in [0.2, 0.25) is 0 Å². The molecule has 0 spiro atoms. The van der Waals surface area contributed by atoms with E-state index < -0.39 is 0 Å². The highest BCUT2D eigenvalue weighted by Gasteiger charge is 2.26. The molecule has 2 heteroatoms. The molecular weight excluding hydrogens is 165 g/mol. The fraction of sp³-hybridized carbons (Fsp3) is 1.00. The van der Waals surface area contributed by atoms with Crippen molar-refractivity contribution in [3.63, 3.8) is 0 Å². The number of rotatable bonds is 2. The zero-order valence-corrected chi connectivity index (χ0v) is 9.15. The molecular formula is C11H22FN. The van der Waals surface area contributed by atoms with Crippen LogP contribution in [0.25, 0.3) is 0 Å². The molecule has 0 unspecified atom stereocenters. The van der Waals surface area contributed by atoms with Gasteiger partial charge >= 0.3 is 0 Å². The highest BCUT2D eigenvalue weighted by atomic mass is 19.1. The van der Waals surface area contributed by atoms with Crippen LogP contribution >= 0.6 is 0 Å². The molecule has 13 heavy (non-hydrogen) atoms. The van der Waals surface area contributed by atoms with E-state index in [0.29, 0.717) is 11.5 Å². The van der Waals surface area contributed by atoms with Crippen LogP contribution in [0.5, 0.6) is 0 Å². The number of nitrogens with zero attached hydrogens (tertiary/aromatic N) is 1. The Balaban J connectivity index is 2.30. The Labute approximate surface area is 81.3 Å². The van der Waals surface area contributed by atoms with Crippen LogP contribution in [0, 0.1) is 5.92 Å². The molecule has 0 bridgehead atoms. The molecule has 78 valence electrons. The van der Waals surface area contributed by atoms with Gasteiger partial charge in [-0.25, -0.2) is 0 Å². The van der Waals surface area contributed by atoms with Gasteiger partial charge in [-0.05, 0) is 59.0 Å². The molecule has 0 atom stereocenters. The van der Waals surface area contributed by atoms with Gasteiger partial charge in [0.1, 0.15) is 0 Å². The molecule has 0 aromatic rings. The van der Waals surface area contributed by atoms with Crippen LogP contribution < -0.4 is 0 Å². The Hall–Kier alpha value is -0.110. The first-order valence-electron chi connectivity index (χ1n) is 5.35. The Morgan fingerprint density at radius 2 is 1.77 bits per heavy atom. The van der Waals surface area contributed by atoms with Gasteiger partial charge < -0.3 is 0 Å². The molecule has 0 N–H and O–H groups in total. The molecule has 0 aromatic heterocycles. The van der Waals surface area contributed by atoms with Crippen LogP contribution in [0.4, 0.5) is 4.39 Å². The smallest absolute Gasteiger partial charge is 0.0897 e. The Kier molecular flexibility index (Phi) is 3.72. The van der Waals surface area contributed by atoms with Crippen molar-refractivity contribution in [3.05, 3.63) is 0 Å². The molecule has 0 aromatic carbocycles. The third-order valence-corrected chi connectivity index (χ3v) is 3.08. The maximum atomic E-state index is 12.1. The molecule has 0 aliphatic carbocycles. The lowest BCUT2D eigenvalue weighted by Gasteiger charge is -2.40. The van der Waals surface area contributed by atoms with Gasteiger partial charge in [0.05, 0.1) is 6.67 Å². The van der Waals surface area contributed by atoms with E-state index in [1.807, 2.05) is 0 Å². The topological polar surface area (TPSA) is 3.24 Å². The summed E-state index contributed by atoms with van der Waals surface area (Å²) < 4.78 is 12.1. The molecule has 1 fully saturated rings. The predicted molar refractivity (Wildman–Crippen MR) is 54.6 cm³/mol. The minimum Gasteiger partial charge on any atom is -0.298 e. The zero-order chi connectivity index (χ0) is 9.90. The van der Waals surface area contributed by atoms with E-state index >= 15 is 0 Å². The second kappa shape index (κ2) is 4.41. The van der Waals surface area contributed by atoms with Gasteiger partial charge in [0, 0.05) is 5.54 Å². The van der Waals surface area contributed by atoms with Gasteiger partial charge in [0.15, 0.2) is 0 Å². The standard InChI is InChI=1S/C11H22FN/c1-11(2,3)13-8-5-10(4-7-12)6-9-13/h10H,4-9H2,1-3H3. The summed E-state index contributed by atoms with van der Waals surface area (Å²) in [6.45, 7) is 8.91.